The Morgan fingerprint density at radius 2 is 2.13 bits per heavy atom. The van der Waals surface area contributed by atoms with Gasteiger partial charge in [-0.25, -0.2) is 9.52 Å². The number of hydrogen-bond donors (Lipinski definition) is 2. The summed E-state index contributed by atoms with van der Waals surface area (Å²) in [5, 5.41) is 8.21. The normalized spacial score (nSPS) is 10.4. The van der Waals surface area contributed by atoms with Crippen molar-refractivity contribution in [3.05, 3.63) is 0 Å². The van der Waals surface area contributed by atoms with Gasteiger partial charge in [0.25, 0.3) is 0 Å². The molecule has 0 aliphatic carbocycles. The number of amides is 1. The molecular weight excluding hydrogens is 222 g/mol. The number of nitriles is 1. The number of carbonyl (C=O) groups is 1. The van der Waals surface area contributed by atoms with Gasteiger partial charge in [-0.3, -0.25) is 0 Å². The van der Waals surface area contributed by atoms with Crippen LogP contribution >= 0.6 is 0 Å². The van der Waals surface area contributed by atoms with Crippen molar-refractivity contribution in [2.75, 3.05) is 13.7 Å². The van der Waals surface area contributed by atoms with E-state index in [1.54, 1.807) is 4.72 Å². The second-order valence-electron chi connectivity index (χ2n) is 2.61. The highest BCUT2D eigenvalue weighted by molar-refractivity contribution is 7.88. The molecule has 15 heavy (non-hydrogen) atoms. The molecule has 0 aromatic carbocycles. The number of ether oxygens (including phenoxy) is 1. The van der Waals surface area contributed by atoms with Gasteiger partial charge in [-0.1, -0.05) is 0 Å². The van der Waals surface area contributed by atoms with E-state index >= 15 is 0 Å². The van der Waals surface area contributed by atoms with E-state index in [0.717, 1.165) is 7.11 Å². The molecule has 8 heteroatoms. The number of rotatable bonds is 6. The van der Waals surface area contributed by atoms with E-state index in [2.05, 4.69) is 9.46 Å². The number of hydrogen-bond acceptors (Lipinski definition) is 5. The summed E-state index contributed by atoms with van der Waals surface area (Å²) in [6, 6.07) is 1.94. The number of nitrogens with one attached hydrogen (secondary N) is 2. The van der Waals surface area contributed by atoms with Crippen LogP contribution in [-0.2, 0) is 14.9 Å². The van der Waals surface area contributed by atoms with Crippen molar-refractivity contribution in [1.29, 1.82) is 5.26 Å². The van der Waals surface area contributed by atoms with Crippen LogP contribution in [0.1, 0.15) is 19.3 Å². The lowest BCUT2D eigenvalue weighted by atomic mass is 10.2. The lowest BCUT2D eigenvalue weighted by molar-refractivity contribution is 0.177. The van der Waals surface area contributed by atoms with Gasteiger partial charge in [-0.15, -0.1) is 0 Å². The molecule has 86 valence electrons. The second-order valence-corrected chi connectivity index (χ2v) is 4.11. The minimum Gasteiger partial charge on any atom is -0.452 e. The summed E-state index contributed by atoms with van der Waals surface area (Å²) in [7, 11) is -2.77. The van der Waals surface area contributed by atoms with E-state index in [4.69, 9.17) is 5.26 Å². The first kappa shape index (κ1) is 13.7. The van der Waals surface area contributed by atoms with Gasteiger partial charge < -0.3 is 4.74 Å². The Labute approximate surface area is 88.6 Å². The Balaban J connectivity index is 3.76. The molecule has 0 aliphatic rings. The maximum Gasteiger partial charge on any atom is 0.421 e. The van der Waals surface area contributed by atoms with Gasteiger partial charge in [0.1, 0.15) is 0 Å². The van der Waals surface area contributed by atoms with Crippen molar-refractivity contribution in [2.45, 2.75) is 19.3 Å². The summed E-state index contributed by atoms with van der Waals surface area (Å²) in [6.07, 6.45) is 0.485. The van der Waals surface area contributed by atoms with E-state index in [1.807, 2.05) is 6.07 Å². The average Bonchev–Trinajstić information content (AvgIpc) is 2.16. The lowest BCUT2D eigenvalue weighted by Crippen LogP contribution is -2.40. The topological polar surface area (TPSA) is 108 Å². The van der Waals surface area contributed by atoms with Gasteiger partial charge in [0.2, 0.25) is 0 Å². The molecule has 1 amide bonds. The summed E-state index contributed by atoms with van der Waals surface area (Å²) in [6.45, 7) is 0.175. The molecule has 0 saturated carbocycles. The molecule has 0 unspecified atom stereocenters. The Bertz CT molecular complexity index is 333. The molecule has 0 saturated heterocycles. The zero-order valence-electron chi connectivity index (χ0n) is 8.32. The first-order chi connectivity index (χ1) is 7.02. The standard InChI is InChI=1S/C7H13N3O4S/c1-14-7(11)10-15(12,13)9-6-4-2-3-5-8/h9H,2-4,6H2,1H3,(H,10,11). The Morgan fingerprint density at radius 3 is 2.67 bits per heavy atom. The van der Waals surface area contributed by atoms with Crippen molar-refractivity contribution < 1.29 is 17.9 Å². The fourth-order valence-corrected chi connectivity index (χ4v) is 1.51. The molecule has 0 heterocycles. The summed E-state index contributed by atoms with van der Waals surface area (Å²) in [5.41, 5.74) is 0. The molecule has 0 radical (unpaired) electrons. The third-order valence-corrected chi connectivity index (χ3v) is 2.43. The zero-order valence-corrected chi connectivity index (χ0v) is 9.13. The monoisotopic (exact) mass is 235 g/mol. The predicted octanol–water partition coefficient (Wildman–Crippen LogP) is -0.129. The molecule has 7 nitrogen and oxygen atoms in total. The van der Waals surface area contributed by atoms with Crippen LogP contribution in [0, 0.1) is 11.3 Å². The van der Waals surface area contributed by atoms with Crippen molar-refractivity contribution in [3.8, 4) is 6.07 Å². The largest absolute Gasteiger partial charge is 0.452 e. The summed E-state index contributed by atoms with van der Waals surface area (Å²) < 4.78 is 30.0. The fourth-order valence-electron chi connectivity index (χ4n) is 0.723. The molecular formula is C7H13N3O4S. The number of nitrogens with zero attached hydrogens (tertiary/aromatic N) is 1. The second kappa shape index (κ2) is 7.03. The summed E-state index contributed by atoms with van der Waals surface area (Å²) in [4.78, 5) is 10.6. The smallest absolute Gasteiger partial charge is 0.421 e. The van der Waals surface area contributed by atoms with Crippen molar-refractivity contribution in [3.63, 3.8) is 0 Å². The van der Waals surface area contributed by atoms with Gasteiger partial charge >= 0.3 is 16.3 Å². The fraction of sp³-hybridized carbons (Fsp3) is 0.714. The number of carbonyl (C=O) groups excluding carboxylic acids is 1. The third kappa shape index (κ3) is 7.72. The summed E-state index contributed by atoms with van der Waals surface area (Å²) in [5.74, 6) is 0. The maximum absolute atomic E-state index is 11.0. The number of unbranched alkanes of at least 4 members (excludes halogenated alkanes) is 2. The van der Waals surface area contributed by atoms with E-state index < -0.39 is 16.3 Å². The molecule has 0 aromatic rings. The molecule has 0 fully saturated rings. The molecule has 0 atom stereocenters. The van der Waals surface area contributed by atoms with Crippen molar-refractivity contribution >= 4 is 16.3 Å². The van der Waals surface area contributed by atoms with E-state index in [9.17, 15) is 13.2 Å². The zero-order chi connectivity index (χ0) is 11.7. The van der Waals surface area contributed by atoms with Gasteiger partial charge in [-0.05, 0) is 12.8 Å². The van der Waals surface area contributed by atoms with Gasteiger partial charge in [0, 0.05) is 13.0 Å². The molecule has 0 aromatic heterocycles. The van der Waals surface area contributed by atoms with Crippen LogP contribution in [0.5, 0.6) is 0 Å². The third-order valence-electron chi connectivity index (χ3n) is 1.41. The first-order valence-electron chi connectivity index (χ1n) is 4.24. The Kier molecular flexibility index (Phi) is 6.40. The van der Waals surface area contributed by atoms with Crippen LogP contribution in [-0.4, -0.2) is 28.2 Å². The quantitative estimate of drug-likeness (QED) is 0.623. The van der Waals surface area contributed by atoms with Crippen LogP contribution in [0.3, 0.4) is 0 Å². The van der Waals surface area contributed by atoms with E-state index in [0.29, 0.717) is 19.3 Å². The minimum atomic E-state index is -3.84. The molecule has 0 rings (SSSR count). The van der Waals surface area contributed by atoms with Gasteiger partial charge in [0.05, 0.1) is 13.2 Å². The highest BCUT2D eigenvalue weighted by Crippen LogP contribution is 1.92. The highest BCUT2D eigenvalue weighted by atomic mass is 32.2. The minimum absolute atomic E-state index is 0.175. The van der Waals surface area contributed by atoms with Gasteiger partial charge in [-0.2, -0.15) is 18.4 Å². The molecule has 2 N–H and O–H groups in total. The molecule has 0 spiro atoms. The van der Waals surface area contributed by atoms with Gasteiger partial charge in [0.15, 0.2) is 0 Å². The SMILES string of the molecule is COC(=O)NS(=O)(=O)NCCCCC#N. The van der Waals surface area contributed by atoms with Crippen molar-refractivity contribution in [1.82, 2.24) is 9.44 Å². The number of methoxy groups -OCH3 is 1. The van der Waals surface area contributed by atoms with Crippen LogP contribution < -0.4 is 9.44 Å². The lowest BCUT2D eigenvalue weighted by Gasteiger charge is -2.06. The van der Waals surface area contributed by atoms with Crippen LogP contribution in [0.25, 0.3) is 0 Å². The summed E-state index contributed by atoms with van der Waals surface area (Å²) >= 11 is 0. The Morgan fingerprint density at radius 1 is 1.47 bits per heavy atom. The van der Waals surface area contributed by atoms with E-state index in [1.165, 1.54) is 0 Å². The maximum atomic E-state index is 11.0. The van der Waals surface area contributed by atoms with Crippen LogP contribution in [0.4, 0.5) is 4.79 Å². The van der Waals surface area contributed by atoms with Crippen LogP contribution in [0.15, 0.2) is 0 Å². The molecule has 0 bridgehead atoms. The van der Waals surface area contributed by atoms with Crippen LogP contribution in [0.2, 0.25) is 0 Å². The highest BCUT2D eigenvalue weighted by Gasteiger charge is 2.12. The predicted molar refractivity (Wildman–Crippen MR) is 51.9 cm³/mol. The average molecular weight is 235 g/mol. The van der Waals surface area contributed by atoms with Crippen molar-refractivity contribution in [2.24, 2.45) is 0 Å². The van der Waals surface area contributed by atoms with E-state index in [-0.39, 0.29) is 6.54 Å². The molecule has 0 aliphatic heterocycles. The Hall–Kier alpha value is -1.33. The first-order valence-corrected chi connectivity index (χ1v) is 5.72.